The van der Waals surface area contributed by atoms with Gasteiger partial charge in [-0.25, -0.2) is 9.97 Å². The number of carbonyl (C=O) groups is 1. The SMILES string of the molecule is Cc1nc2sccn2c1C(=O)N1CCc2oc(C3CCOC3)nc2C1. The van der Waals surface area contributed by atoms with E-state index in [-0.39, 0.29) is 11.8 Å². The Bertz CT molecular complexity index is 951. The zero-order chi connectivity index (χ0) is 17.0. The number of hydrogen-bond donors (Lipinski definition) is 0. The smallest absolute Gasteiger partial charge is 0.273 e. The first-order chi connectivity index (χ1) is 12.2. The predicted molar refractivity (Wildman–Crippen MR) is 90.9 cm³/mol. The standard InChI is InChI=1S/C17H18N4O3S/c1-10-14(21-5-7-25-17(21)18-10)16(22)20-4-2-13-12(8-20)19-15(24-13)11-3-6-23-9-11/h5,7,11H,2-4,6,8-9H2,1H3. The quantitative estimate of drug-likeness (QED) is 0.703. The summed E-state index contributed by atoms with van der Waals surface area (Å²) in [6.45, 7) is 4.45. The minimum atomic E-state index is 0.00259. The molecule has 2 aliphatic heterocycles. The van der Waals surface area contributed by atoms with Gasteiger partial charge in [-0.15, -0.1) is 11.3 Å². The second-order valence-corrected chi connectivity index (χ2v) is 7.43. The van der Waals surface area contributed by atoms with Gasteiger partial charge in [0.25, 0.3) is 5.91 Å². The van der Waals surface area contributed by atoms with E-state index in [9.17, 15) is 4.79 Å². The van der Waals surface area contributed by atoms with Crippen molar-refractivity contribution in [2.24, 2.45) is 0 Å². The van der Waals surface area contributed by atoms with Gasteiger partial charge in [-0.3, -0.25) is 9.20 Å². The molecule has 8 heteroatoms. The molecule has 5 heterocycles. The molecule has 25 heavy (non-hydrogen) atoms. The molecule has 3 aromatic rings. The van der Waals surface area contributed by atoms with Gasteiger partial charge >= 0.3 is 0 Å². The Balaban J connectivity index is 1.42. The van der Waals surface area contributed by atoms with Crippen LogP contribution in [0.15, 0.2) is 16.0 Å². The molecule has 1 atom stereocenters. The molecule has 0 aromatic carbocycles. The fraction of sp³-hybridized carbons (Fsp3) is 0.471. The summed E-state index contributed by atoms with van der Waals surface area (Å²) in [5.74, 6) is 1.93. The maximum atomic E-state index is 13.1. The summed E-state index contributed by atoms with van der Waals surface area (Å²) in [4.78, 5) is 24.9. The number of carbonyl (C=O) groups excluding carboxylic acids is 1. The molecule has 1 saturated heterocycles. The molecule has 0 saturated carbocycles. The Hall–Kier alpha value is -2.19. The van der Waals surface area contributed by atoms with Crippen molar-refractivity contribution in [1.29, 1.82) is 0 Å². The Morgan fingerprint density at radius 1 is 1.40 bits per heavy atom. The van der Waals surface area contributed by atoms with Crippen molar-refractivity contribution in [2.45, 2.75) is 32.2 Å². The molecule has 0 aliphatic carbocycles. The first-order valence-corrected chi connectivity index (χ1v) is 9.36. The number of ether oxygens (including phenoxy) is 1. The summed E-state index contributed by atoms with van der Waals surface area (Å²) in [6.07, 6.45) is 3.55. The molecule has 5 rings (SSSR count). The van der Waals surface area contributed by atoms with Crippen LogP contribution in [0.5, 0.6) is 0 Å². The molecule has 1 fully saturated rings. The highest BCUT2D eigenvalue weighted by Crippen LogP contribution is 2.29. The van der Waals surface area contributed by atoms with Gasteiger partial charge in [0.1, 0.15) is 17.1 Å². The van der Waals surface area contributed by atoms with Crippen LogP contribution in [-0.4, -0.2) is 44.9 Å². The van der Waals surface area contributed by atoms with Gasteiger partial charge in [0.2, 0.25) is 0 Å². The number of amides is 1. The Morgan fingerprint density at radius 3 is 3.16 bits per heavy atom. The van der Waals surface area contributed by atoms with Crippen molar-refractivity contribution in [3.8, 4) is 0 Å². The van der Waals surface area contributed by atoms with Gasteiger partial charge in [-0.05, 0) is 13.3 Å². The summed E-state index contributed by atoms with van der Waals surface area (Å²) in [6, 6.07) is 0. The van der Waals surface area contributed by atoms with Gasteiger partial charge in [-0.1, -0.05) is 0 Å². The van der Waals surface area contributed by atoms with E-state index in [0.717, 1.165) is 41.0 Å². The van der Waals surface area contributed by atoms with E-state index >= 15 is 0 Å². The zero-order valence-electron chi connectivity index (χ0n) is 13.9. The molecule has 0 bridgehead atoms. The maximum absolute atomic E-state index is 13.1. The first-order valence-electron chi connectivity index (χ1n) is 8.48. The number of thiazole rings is 1. The van der Waals surface area contributed by atoms with Crippen molar-refractivity contribution in [2.75, 3.05) is 19.8 Å². The van der Waals surface area contributed by atoms with Crippen molar-refractivity contribution in [3.05, 3.63) is 40.3 Å². The van der Waals surface area contributed by atoms with Crippen LogP contribution in [0.4, 0.5) is 0 Å². The number of imidazole rings is 1. The van der Waals surface area contributed by atoms with E-state index < -0.39 is 0 Å². The largest absolute Gasteiger partial charge is 0.445 e. The third-order valence-corrected chi connectivity index (χ3v) is 5.71. The molecule has 0 radical (unpaired) electrons. The maximum Gasteiger partial charge on any atom is 0.273 e. The van der Waals surface area contributed by atoms with Crippen molar-refractivity contribution in [3.63, 3.8) is 0 Å². The molecule has 130 valence electrons. The lowest BCUT2D eigenvalue weighted by Crippen LogP contribution is -2.36. The lowest BCUT2D eigenvalue weighted by molar-refractivity contribution is 0.0720. The minimum absolute atomic E-state index is 0.00259. The highest BCUT2D eigenvalue weighted by atomic mass is 32.1. The highest BCUT2D eigenvalue weighted by molar-refractivity contribution is 7.15. The molecule has 7 nitrogen and oxygen atoms in total. The normalized spacial score (nSPS) is 20.4. The number of rotatable bonds is 2. The zero-order valence-corrected chi connectivity index (χ0v) is 14.7. The van der Waals surface area contributed by atoms with E-state index in [0.29, 0.717) is 31.8 Å². The number of aryl methyl sites for hydroxylation is 1. The van der Waals surface area contributed by atoms with Crippen LogP contribution in [0, 0.1) is 6.92 Å². The molecule has 0 spiro atoms. The Morgan fingerprint density at radius 2 is 2.32 bits per heavy atom. The molecule has 0 N–H and O–H groups in total. The van der Waals surface area contributed by atoms with Gasteiger partial charge in [0.15, 0.2) is 10.9 Å². The van der Waals surface area contributed by atoms with Gasteiger partial charge in [0.05, 0.1) is 24.8 Å². The van der Waals surface area contributed by atoms with Crippen LogP contribution < -0.4 is 0 Å². The monoisotopic (exact) mass is 358 g/mol. The molecule has 1 unspecified atom stereocenters. The minimum Gasteiger partial charge on any atom is -0.445 e. The summed E-state index contributed by atoms with van der Waals surface area (Å²) < 4.78 is 13.2. The number of aromatic nitrogens is 3. The predicted octanol–water partition coefficient (Wildman–Crippen LogP) is 2.39. The molecule has 1 amide bonds. The number of nitrogens with zero attached hydrogens (tertiary/aromatic N) is 4. The number of fused-ring (bicyclic) bond motifs is 2. The summed E-state index contributed by atoms with van der Waals surface area (Å²) in [7, 11) is 0. The van der Waals surface area contributed by atoms with Gasteiger partial charge < -0.3 is 14.1 Å². The van der Waals surface area contributed by atoms with Crippen LogP contribution in [0.1, 0.15) is 45.9 Å². The average Bonchev–Trinajstić information content (AvgIpc) is 3.36. The Labute approximate surface area is 148 Å². The lowest BCUT2D eigenvalue weighted by atomic mass is 10.1. The van der Waals surface area contributed by atoms with E-state index in [4.69, 9.17) is 9.15 Å². The van der Waals surface area contributed by atoms with Gasteiger partial charge in [0, 0.05) is 31.1 Å². The van der Waals surface area contributed by atoms with Crippen LogP contribution >= 0.6 is 11.3 Å². The summed E-state index contributed by atoms with van der Waals surface area (Å²) in [5, 5.41) is 1.94. The third-order valence-electron chi connectivity index (χ3n) is 4.95. The average molecular weight is 358 g/mol. The van der Waals surface area contributed by atoms with E-state index in [2.05, 4.69) is 9.97 Å². The topological polar surface area (TPSA) is 72.9 Å². The Kier molecular flexibility index (Phi) is 3.42. The molecule has 3 aromatic heterocycles. The number of hydrogen-bond acceptors (Lipinski definition) is 6. The van der Waals surface area contributed by atoms with E-state index in [1.807, 2.05) is 27.8 Å². The second kappa shape index (κ2) is 5.67. The third kappa shape index (κ3) is 2.39. The van der Waals surface area contributed by atoms with Crippen LogP contribution in [-0.2, 0) is 17.7 Å². The second-order valence-electron chi connectivity index (χ2n) is 6.56. The lowest BCUT2D eigenvalue weighted by Gasteiger charge is -2.25. The highest BCUT2D eigenvalue weighted by Gasteiger charge is 2.31. The number of oxazole rings is 1. The van der Waals surface area contributed by atoms with Crippen LogP contribution in [0.25, 0.3) is 4.96 Å². The molecule has 2 aliphatic rings. The van der Waals surface area contributed by atoms with Crippen molar-refractivity contribution in [1.82, 2.24) is 19.3 Å². The van der Waals surface area contributed by atoms with Gasteiger partial charge in [-0.2, -0.15) is 0 Å². The fourth-order valence-corrected chi connectivity index (χ4v) is 4.36. The van der Waals surface area contributed by atoms with Crippen LogP contribution in [0.2, 0.25) is 0 Å². The van der Waals surface area contributed by atoms with Crippen molar-refractivity contribution >= 4 is 22.2 Å². The first kappa shape index (κ1) is 15.1. The fourth-order valence-electron chi connectivity index (χ4n) is 3.60. The van der Waals surface area contributed by atoms with E-state index in [1.165, 1.54) is 11.3 Å². The van der Waals surface area contributed by atoms with E-state index in [1.54, 1.807) is 0 Å². The molecular weight excluding hydrogens is 340 g/mol. The summed E-state index contributed by atoms with van der Waals surface area (Å²) >= 11 is 1.53. The molecular formula is C17H18N4O3S. The van der Waals surface area contributed by atoms with Crippen LogP contribution in [0.3, 0.4) is 0 Å². The van der Waals surface area contributed by atoms with Crippen molar-refractivity contribution < 1.29 is 13.9 Å². The summed E-state index contributed by atoms with van der Waals surface area (Å²) in [5.41, 5.74) is 2.30.